The van der Waals surface area contributed by atoms with Gasteiger partial charge < -0.3 is 9.64 Å². The molecule has 1 fully saturated rings. The van der Waals surface area contributed by atoms with Gasteiger partial charge in [0.1, 0.15) is 0 Å². The fraction of sp³-hybridized carbons (Fsp3) is 0.316. The molecule has 11 heteroatoms. The lowest BCUT2D eigenvalue weighted by atomic mass is 10.1. The van der Waals surface area contributed by atoms with E-state index in [9.17, 15) is 18.0 Å². The third kappa shape index (κ3) is 4.75. The molecule has 0 aliphatic carbocycles. The number of benzene rings is 1. The second kappa shape index (κ2) is 9.20. The lowest BCUT2D eigenvalue weighted by Crippen LogP contribution is -2.43. The quantitative estimate of drug-likeness (QED) is 0.648. The minimum Gasteiger partial charge on any atom is -0.378 e. The highest BCUT2D eigenvalue weighted by atomic mass is 32.2. The Morgan fingerprint density at radius 3 is 2.43 bits per heavy atom. The molecule has 0 atom stereocenters. The SMILES string of the molecule is CN(C)S(=O)(=O)c1ccc(N2CCOCC2)c(C(=O)NNC(=O)c2cccnc2)c1. The summed E-state index contributed by atoms with van der Waals surface area (Å²) in [4.78, 5) is 30.8. The molecule has 1 aliphatic rings. The number of nitrogens with one attached hydrogen (secondary N) is 2. The summed E-state index contributed by atoms with van der Waals surface area (Å²) < 4.78 is 31.5. The van der Waals surface area contributed by atoms with E-state index in [1.807, 2.05) is 4.90 Å². The second-order valence-corrected chi connectivity index (χ2v) is 8.87. The van der Waals surface area contributed by atoms with E-state index in [0.717, 1.165) is 4.31 Å². The molecule has 0 spiro atoms. The van der Waals surface area contributed by atoms with Gasteiger partial charge in [-0.15, -0.1) is 0 Å². The zero-order valence-corrected chi connectivity index (χ0v) is 17.5. The molecular formula is C19H23N5O5S. The molecule has 160 valence electrons. The number of nitrogens with zero attached hydrogens (tertiary/aromatic N) is 3. The number of aromatic nitrogens is 1. The highest BCUT2D eigenvalue weighted by Gasteiger charge is 2.24. The highest BCUT2D eigenvalue weighted by molar-refractivity contribution is 7.89. The summed E-state index contributed by atoms with van der Waals surface area (Å²) in [7, 11) is -0.909. The Bertz CT molecular complexity index is 1020. The van der Waals surface area contributed by atoms with Crippen molar-refractivity contribution in [3.63, 3.8) is 0 Å². The number of rotatable bonds is 5. The molecule has 1 aromatic carbocycles. The number of carbonyl (C=O) groups is 2. The lowest BCUT2D eigenvalue weighted by Gasteiger charge is -2.30. The molecule has 0 radical (unpaired) electrons. The van der Waals surface area contributed by atoms with Crippen LogP contribution in [-0.4, -0.2) is 69.9 Å². The van der Waals surface area contributed by atoms with Crippen LogP contribution in [-0.2, 0) is 14.8 Å². The molecule has 2 N–H and O–H groups in total. The summed E-state index contributed by atoms with van der Waals surface area (Å²) in [5, 5.41) is 0. The monoisotopic (exact) mass is 433 g/mol. The maximum atomic E-state index is 12.9. The first-order valence-corrected chi connectivity index (χ1v) is 10.6. The summed E-state index contributed by atoms with van der Waals surface area (Å²) in [6, 6.07) is 7.52. The van der Waals surface area contributed by atoms with Crippen molar-refractivity contribution in [3.8, 4) is 0 Å². The van der Waals surface area contributed by atoms with Crippen molar-refractivity contribution in [3.05, 3.63) is 53.9 Å². The predicted octanol–water partition coefficient (Wildman–Crippen LogP) is 0.243. The standard InChI is InChI=1S/C19H23N5O5S/c1-23(2)30(27,28)15-5-6-17(24-8-10-29-11-9-24)16(12-15)19(26)22-21-18(25)14-4-3-7-20-13-14/h3-7,12-13H,8-11H2,1-2H3,(H,21,25)(H,22,26). The molecule has 2 amide bonds. The first kappa shape index (κ1) is 21.7. The fourth-order valence-electron chi connectivity index (χ4n) is 2.90. The van der Waals surface area contributed by atoms with Gasteiger partial charge in [0, 0.05) is 45.3 Å². The first-order chi connectivity index (χ1) is 14.3. The first-order valence-electron chi connectivity index (χ1n) is 9.20. The Balaban J connectivity index is 1.88. The fourth-order valence-corrected chi connectivity index (χ4v) is 3.83. The summed E-state index contributed by atoms with van der Waals surface area (Å²) in [6.07, 6.45) is 2.89. The number of hydrogen-bond donors (Lipinski definition) is 2. The van der Waals surface area contributed by atoms with Crippen molar-refractivity contribution >= 4 is 27.5 Å². The minimum atomic E-state index is -3.74. The molecule has 2 heterocycles. The third-order valence-electron chi connectivity index (χ3n) is 4.56. The smallest absolute Gasteiger partial charge is 0.271 e. The van der Waals surface area contributed by atoms with Gasteiger partial charge in [-0.05, 0) is 30.3 Å². The zero-order chi connectivity index (χ0) is 21.7. The van der Waals surface area contributed by atoms with Gasteiger partial charge in [0.05, 0.1) is 29.2 Å². The van der Waals surface area contributed by atoms with Crippen LogP contribution < -0.4 is 15.8 Å². The summed E-state index contributed by atoms with van der Waals surface area (Å²) >= 11 is 0. The van der Waals surface area contributed by atoms with Gasteiger partial charge in [0.25, 0.3) is 11.8 Å². The van der Waals surface area contributed by atoms with E-state index in [-0.39, 0.29) is 16.0 Å². The average Bonchev–Trinajstić information content (AvgIpc) is 2.77. The molecule has 0 saturated carbocycles. The van der Waals surface area contributed by atoms with Gasteiger partial charge in [0.2, 0.25) is 10.0 Å². The molecule has 1 aliphatic heterocycles. The van der Waals surface area contributed by atoms with Crippen LogP contribution in [0.4, 0.5) is 5.69 Å². The van der Waals surface area contributed by atoms with Gasteiger partial charge in [-0.25, -0.2) is 12.7 Å². The van der Waals surface area contributed by atoms with Gasteiger partial charge in [-0.1, -0.05) is 0 Å². The highest BCUT2D eigenvalue weighted by Crippen LogP contribution is 2.26. The number of amides is 2. The predicted molar refractivity (Wildman–Crippen MR) is 110 cm³/mol. The van der Waals surface area contributed by atoms with Crippen molar-refractivity contribution in [2.24, 2.45) is 0 Å². The molecule has 3 rings (SSSR count). The summed E-state index contributed by atoms with van der Waals surface area (Å²) in [6.45, 7) is 2.11. The van der Waals surface area contributed by atoms with Crippen molar-refractivity contribution in [1.29, 1.82) is 0 Å². The number of hydrazine groups is 1. The number of pyridine rings is 1. The van der Waals surface area contributed by atoms with E-state index in [4.69, 9.17) is 4.74 Å². The van der Waals surface area contributed by atoms with Crippen LogP contribution in [0.15, 0.2) is 47.6 Å². The van der Waals surface area contributed by atoms with E-state index in [1.165, 1.54) is 38.6 Å². The Labute approximate surface area is 174 Å². The van der Waals surface area contributed by atoms with Crippen LogP contribution in [0, 0.1) is 0 Å². The largest absolute Gasteiger partial charge is 0.378 e. The van der Waals surface area contributed by atoms with Crippen molar-refractivity contribution in [2.75, 3.05) is 45.3 Å². The zero-order valence-electron chi connectivity index (χ0n) is 16.7. The van der Waals surface area contributed by atoms with E-state index in [1.54, 1.807) is 18.2 Å². The number of morpholine rings is 1. The van der Waals surface area contributed by atoms with Crippen LogP contribution in [0.1, 0.15) is 20.7 Å². The number of hydrogen-bond acceptors (Lipinski definition) is 7. The van der Waals surface area contributed by atoms with E-state index < -0.39 is 21.8 Å². The van der Waals surface area contributed by atoms with Gasteiger partial charge in [0.15, 0.2) is 0 Å². The number of anilines is 1. The Morgan fingerprint density at radius 1 is 1.10 bits per heavy atom. The molecule has 1 saturated heterocycles. The molecule has 10 nitrogen and oxygen atoms in total. The van der Waals surface area contributed by atoms with Gasteiger partial charge in [-0.2, -0.15) is 0 Å². The van der Waals surface area contributed by atoms with Crippen LogP contribution in [0.3, 0.4) is 0 Å². The van der Waals surface area contributed by atoms with Crippen LogP contribution in [0.2, 0.25) is 0 Å². The van der Waals surface area contributed by atoms with E-state index in [2.05, 4.69) is 15.8 Å². The average molecular weight is 433 g/mol. The van der Waals surface area contributed by atoms with Gasteiger partial charge in [-0.3, -0.25) is 25.4 Å². The molecule has 0 unspecified atom stereocenters. The Hall–Kier alpha value is -3.02. The molecule has 0 bridgehead atoms. The molecular weight excluding hydrogens is 410 g/mol. The molecule has 1 aromatic heterocycles. The van der Waals surface area contributed by atoms with Crippen molar-refractivity contribution in [1.82, 2.24) is 20.1 Å². The van der Waals surface area contributed by atoms with E-state index >= 15 is 0 Å². The number of ether oxygens (including phenoxy) is 1. The van der Waals surface area contributed by atoms with Crippen molar-refractivity contribution < 1.29 is 22.7 Å². The summed E-state index contributed by atoms with van der Waals surface area (Å²) in [5.74, 6) is -1.18. The normalized spacial score (nSPS) is 14.4. The minimum absolute atomic E-state index is 0.0201. The Morgan fingerprint density at radius 2 is 1.80 bits per heavy atom. The lowest BCUT2D eigenvalue weighted by molar-refractivity contribution is 0.0846. The maximum Gasteiger partial charge on any atom is 0.271 e. The molecule has 2 aromatic rings. The van der Waals surface area contributed by atoms with E-state index in [0.29, 0.717) is 32.0 Å². The van der Waals surface area contributed by atoms with Crippen LogP contribution in [0.5, 0.6) is 0 Å². The summed E-state index contributed by atoms with van der Waals surface area (Å²) in [5.41, 5.74) is 5.64. The number of carbonyl (C=O) groups excluding carboxylic acids is 2. The Kier molecular flexibility index (Phi) is 6.65. The maximum absolute atomic E-state index is 12.9. The van der Waals surface area contributed by atoms with Crippen LogP contribution >= 0.6 is 0 Å². The third-order valence-corrected chi connectivity index (χ3v) is 6.37. The van der Waals surface area contributed by atoms with Gasteiger partial charge >= 0.3 is 0 Å². The van der Waals surface area contributed by atoms with Crippen molar-refractivity contribution in [2.45, 2.75) is 4.90 Å². The topological polar surface area (TPSA) is 121 Å². The molecule has 30 heavy (non-hydrogen) atoms. The van der Waals surface area contributed by atoms with Crippen LogP contribution in [0.25, 0.3) is 0 Å². The second-order valence-electron chi connectivity index (χ2n) is 6.72. The number of sulfonamides is 1.